The van der Waals surface area contributed by atoms with Crippen molar-refractivity contribution >= 4 is 32.6 Å². The van der Waals surface area contributed by atoms with Crippen LogP contribution in [0.25, 0.3) is 0 Å². The maximum absolute atomic E-state index is 10.1. The van der Waals surface area contributed by atoms with Gasteiger partial charge in [0.2, 0.25) is 0 Å². The monoisotopic (exact) mass is 451 g/mol. The first-order valence-electron chi connectivity index (χ1n) is 8.14. The van der Waals surface area contributed by atoms with Gasteiger partial charge in [0.25, 0.3) is 0 Å². The smallest absolute Gasteiger partial charge is 0.0134 e. The van der Waals surface area contributed by atoms with Gasteiger partial charge in [0.05, 0.1) is 0 Å². The van der Waals surface area contributed by atoms with Crippen LogP contribution in [0.15, 0.2) is 91.0 Å². The molecule has 0 aromatic heterocycles. The Labute approximate surface area is 164 Å². The molecule has 0 atom stereocenters. The minimum absolute atomic E-state index is 0.00750. The summed E-state index contributed by atoms with van der Waals surface area (Å²) in [6.07, 6.45) is 0. The Morgan fingerprint density at radius 2 is 0.846 bits per heavy atom. The summed E-state index contributed by atoms with van der Waals surface area (Å²) in [7, 11) is -0.446. The molecule has 4 heteroatoms. The Hall–Kier alpha value is -1.95. The van der Waals surface area contributed by atoms with Crippen molar-refractivity contribution in [3.8, 4) is 0 Å². The van der Waals surface area contributed by atoms with Crippen molar-refractivity contribution in [2.75, 3.05) is 0 Å². The molecular formula is C22H21O2PRh. The third-order valence-corrected chi connectivity index (χ3v) is 6.88. The van der Waals surface area contributed by atoms with Crippen molar-refractivity contribution in [1.82, 2.24) is 0 Å². The zero-order valence-corrected chi connectivity index (χ0v) is 17.3. The molecule has 0 saturated carbocycles. The summed E-state index contributed by atoms with van der Waals surface area (Å²) >= 11 is -0.461. The predicted molar refractivity (Wildman–Crippen MR) is 107 cm³/mol. The molecule has 3 aromatic carbocycles. The summed E-state index contributed by atoms with van der Waals surface area (Å²) in [5.41, 5.74) is 0. The third-order valence-electron chi connectivity index (χ3n) is 3.28. The molecule has 0 fully saturated rings. The van der Waals surface area contributed by atoms with E-state index in [0.29, 0.717) is 0 Å². The van der Waals surface area contributed by atoms with Crippen molar-refractivity contribution in [3.63, 3.8) is 0 Å². The molecule has 0 aliphatic rings. The average molecular weight is 451 g/mol. The zero-order chi connectivity index (χ0) is 18.8. The minimum Gasteiger partial charge on any atom is -0.0622 e. The molecule has 0 spiro atoms. The van der Waals surface area contributed by atoms with Crippen LogP contribution < -0.4 is 15.9 Å². The summed E-state index contributed by atoms with van der Waals surface area (Å²) < 4.78 is 0.0150. The fraction of sp³-hybridized carbons (Fsp3) is 0.0909. The molecule has 0 bridgehead atoms. The SMILES string of the molecule is C[C](=O)[Rh][C](C)=O.c1ccc(P(c2ccccc2)c2ccccc2)cc1. The van der Waals surface area contributed by atoms with Gasteiger partial charge in [-0.2, -0.15) is 0 Å². The summed E-state index contributed by atoms with van der Waals surface area (Å²) in [6.45, 7) is 2.87. The Morgan fingerprint density at radius 3 is 1.04 bits per heavy atom. The maximum Gasteiger partial charge on any atom is -0.0134 e. The Kier molecular flexibility index (Phi) is 8.55. The van der Waals surface area contributed by atoms with E-state index in [1.807, 2.05) is 0 Å². The summed E-state index contributed by atoms with van der Waals surface area (Å²) in [5.74, 6) is 0. The first-order valence-corrected chi connectivity index (χ1v) is 11.1. The van der Waals surface area contributed by atoms with Crippen LogP contribution in [0.2, 0.25) is 0 Å². The fourth-order valence-corrected chi connectivity index (χ4v) is 5.46. The Balaban J connectivity index is 0.000000298. The van der Waals surface area contributed by atoms with Crippen LogP contribution in [0, 0.1) is 0 Å². The van der Waals surface area contributed by atoms with Crippen LogP contribution in [0.3, 0.4) is 0 Å². The molecule has 0 N–H and O–H groups in total. The van der Waals surface area contributed by atoms with Crippen LogP contribution in [-0.2, 0) is 26.7 Å². The molecule has 26 heavy (non-hydrogen) atoms. The average Bonchev–Trinajstić information content (AvgIpc) is 2.64. The number of carbonyl (C=O) groups is 2. The van der Waals surface area contributed by atoms with Crippen molar-refractivity contribution in [3.05, 3.63) is 91.0 Å². The van der Waals surface area contributed by atoms with Gasteiger partial charge in [0, 0.05) is 0 Å². The topological polar surface area (TPSA) is 34.1 Å². The predicted octanol–water partition coefficient (Wildman–Crippen LogP) is 3.61. The second kappa shape index (κ2) is 10.9. The van der Waals surface area contributed by atoms with E-state index < -0.39 is 25.0 Å². The quantitative estimate of drug-likeness (QED) is 0.439. The molecule has 0 amide bonds. The van der Waals surface area contributed by atoms with Crippen LogP contribution in [0.1, 0.15) is 13.8 Å². The van der Waals surface area contributed by atoms with E-state index >= 15 is 0 Å². The van der Waals surface area contributed by atoms with E-state index in [1.54, 1.807) is 0 Å². The van der Waals surface area contributed by atoms with Crippen molar-refractivity contribution in [2.24, 2.45) is 0 Å². The normalized spacial score (nSPS) is 10.1. The van der Waals surface area contributed by atoms with Gasteiger partial charge in [-0.05, 0) is 23.8 Å². The molecule has 3 aromatic rings. The van der Waals surface area contributed by atoms with E-state index in [-0.39, 0.29) is 8.76 Å². The van der Waals surface area contributed by atoms with Crippen LogP contribution >= 0.6 is 7.92 Å². The van der Waals surface area contributed by atoms with Gasteiger partial charge in [-0.15, -0.1) is 0 Å². The fourth-order valence-electron chi connectivity index (χ4n) is 2.34. The van der Waals surface area contributed by atoms with E-state index in [9.17, 15) is 9.59 Å². The molecule has 0 saturated heterocycles. The molecule has 2 nitrogen and oxygen atoms in total. The van der Waals surface area contributed by atoms with Crippen LogP contribution in [0.5, 0.6) is 0 Å². The third kappa shape index (κ3) is 6.75. The zero-order valence-electron chi connectivity index (χ0n) is 14.8. The number of rotatable bonds is 5. The van der Waals surface area contributed by atoms with Crippen molar-refractivity contribution < 1.29 is 26.7 Å². The Morgan fingerprint density at radius 1 is 0.577 bits per heavy atom. The van der Waals surface area contributed by atoms with E-state index in [0.717, 1.165) is 0 Å². The van der Waals surface area contributed by atoms with Gasteiger partial charge in [-0.1, -0.05) is 91.0 Å². The van der Waals surface area contributed by atoms with Crippen molar-refractivity contribution in [1.29, 1.82) is 0 Å². The Bertz CT molecular complexity index is 715. The van der Waals surface area contributed by atoms with Gasteiger partial charge in [-0.3, -0.25) is 0 Å². The second-order valence-corrected chi connectivity index (χ2v) is 10.2. The molecular weight excluding hydrogens is 430 g/mol. The van der Waals surface area contributed by atoms with Gasteiger partial charge in [0.1, 0.15) is 0 Å². The van der Waals surface area contributed by atoms with E-state index in [2.05, 4.69) is 91.0 Å². The molecule has 0 unspecified atom stereocenters. The first kappa shape index (κ1) is 20.4. The molecule has 3 rings (SSSR count). The molecule has 0 radical (unpaired) electrons. The molecule has 0 aliphatic carbocycles. The van der Waals surface area contributed by atoms with Gasteiger partial charge in [-0.25, -0.2) is 0 Å². The van der Waals surface area contributed by atoms with Gasteiger partial charge < -0.3 is 0 Å². The first-order chi connectivity index (χ1) is 12.6. The number of hydrogen-bond donors (Lipinski definition) is 0. The second-order valence-electron chi connectivity index (χ2n) is 5.30. The van der Waals surface area contributed by atoms with E-state index in [1.165, 1.54) is 29.8 Å². The minimum atomic E-state index is -0.461. The molecule has 0 heterocycles. The molecule has 0 aliphatic heterocycles. The number of benzene rings is 3. The van der Waals surface area contributed by atoms with Gasteiger partial charge >= 0.3 is 49.3 Å². The van der Waals surface area contributed by atoms with Crippen LogP contribution in [0.4, 0.5) is 0 Å². The summed E-state index contributed by atoms with van der Waals surface area (Å²) in [5, 5.41) is 4.19. The summed E-state index contributed by atoms with van der Waals surface area (Å²) in [6, 6.07) is 32.3. The van der Waals surface area contributed by atoms with Gasteiger partial charge in [0.15, 0.2) is 0 Å². The number of carbonyl (C=O) groups excluding carboxylic acids is 2. The van der Waals surface area contributed by atoms with Crippen molar-refractivity contribution in [2.45, 2.75) is 13.8 Å². The van der Waals surface area contributed by atoms with E-state index in [4.69, 9.17) is 0 Å². The maximum atomic E-state index is 10.1. The largest absolute Gasteiger partial charge is 0.0622 e. The summed E-state index contributed by atoms with van der Waals surface area (Å²) in [4.78, 5) is 20.1. The molecule has 135 valence electrons. The van der Waals surface area contributed by atoms with Crippen LogP contribution in [-0.4, -0.2) is 8.76 Å². The number of hydrogen-bond acceptors (Lipinski definition) is 2. The standard InChI is InChI=1S/C18H15P.2C2H3O.Rh/c1-4-10-16(11-5-1)19(17-12-6-2-7-13-17)18-14-8-3-9-15-18;2*1-2-3;/h1-15H;2*1H3;.